The molecular formula is C22H20ClN3O. The lowest BCUT2D eigenvalue weighted by Crippen LogP contribution is -2.48. The van der Waals surface area contributed by atoms with E-state index in [0.717, 1.165) is 40.8 Å². The predicted octanol–water partition coefficient (Wildman–Crippen LogP) is 4.39. The number of hydrogen-bond acceptors (Lipinski definition) is 3. The Kier molecular flexibility index (Phi) is 4.82. The average Bonchev–Trinajstić information content (AvgIpc) is 2.73. The minimum absolute atomic E-state index is 0.00946. The first-order valence-electron chi connectivity index (χ1n) is 8.97. The van der Waals surface area contributed by atoms with E-state index < -0.39 is 0 Å². The maximum absolute atomic E-state index is 11.8. The predicted molar refractivity (Wildman–Crippen MR) is 111 cm³/mol. The molecule has 1 aromatic heterocycles. The summed E-state index contributed by atoms with van der Waals surface area (Å²) >= 11 is 6.62. The first-order valence-corrected chi connectivity index (χ1v) is 9.35. The normalized spacial score (nSPS) is 14.4. The number of aromatic nitrogens is 1. The van der Waals surface area contributed by atoms with Crippen LogP contribution in [0.3, 0.4) is 0 Å². The van der Waals surface area contributed by atoms with Gasteiger partial charge in [0.15, 0.2) is 0 Å². The fourth-order valence-electron chi connectivity index (χ4n) is 3.56. The van der Waals surface area contributed by atoms with Gasteiger partial charge in [-0.05, 0) is 29.8 Å². The maximum Gasteiger partial charge on any atom is 0.246 e. The summed E-state index contributed by atoms with van der Waals surface area (Å²) in [6.07, 6.45) is 3.21. The lowest BCUT2D eigenvalue weighted by atomic mass is 10.0. The van der Waals surface area contributed by atoms with Crippen molar-refractivity contribution in [1.29, 1.82) is 0 Å². The highest BCUT2D eigenvalue weighted by Gasteiger charge is 2.21. The Morgan fingerprint density at radius 1 is 1.07 bits per heavy atom. The summed E-state index contributed by atoms with van der Waals surface area (Å²) in [6.45, 7) is 6.49. The van der Waals surface area contributed by atoms with Gasteiger partial charge in [-0.3, -0.25) is 9.78 Å². The molecule has 0 aliphatic carbocycles. The molecule has 0 unspecified atom stereocenters. The second-order valence-electron chi connectivity index (χ2n) is 6.56. The Morgan fingerprint density at radius 2 is 1.81 bits per heavy atom. The third kappa shape index (κ3) is 3.40. The number of nitrogens with zero attached hydrogens (tertiary/aromatic N) is 3. The van der Waals surface area contributed by atoms with Crippen LogP contribution >= 0.6 is 11.6 Å². The number of carbonyl (C=O) groups is 1. The molecule has 1 aliphatic heterocycles. The quantitative estimate of drug-likeness (QED) is 0.635. The van der Waals surface area contributed by atoms with Crippen molar-refractivity contribution in [1.82, 2.24) is 9.88 Å². The molecule has 1 amide bonds. The number of halogens is 1. The third-order valence-corrected chi connectivity index (χ3v) is 5.31. The number of amides is 1. The zero-order chi connectivity index (χ0) is 18.8. The van der Waals surface area contributed by atoms with Crippen LogP contribution in [0.5, 0.6) is 0 Å². The van der Waals surface area contributed by atoms with Crippen molar-refractivity contribution in [3.63, 3.8) is 0 Å². The molecule has 27 heavy (non-hydrogen) atoms. The van der Waals surface area contributed by atoms with Crippen LogP contribution in [0.15, 0.2) is 67.4 Å². The van der Waals surface area contributed by atoms with Gasteiger partial charge in [-0.25, -0.2) is 0 Å². The molecule has 2 heterocycles. The van der Waals surface area contributed by atoms with Crippen molar-refractivity contribution in [2.45, 2.75) is 0 Å². The molecule has 3 aromatic rings. The van der Waals surface area contributed by atoms with Gasteiger partial charge in [0.2, 0.25) is 5.91 Å². The molecule has 1 saturated heterocycles. The van der Waals surface area contributed by atoms with Gasteiger partial charge in [0.05, 0.1) is 5.52 Å². The third-order valence-electron chi connectivity index (χ3n) is 5.00. The fourth-order valence-corrected chi connectivity index (χ4v) is 3.84. The van der Waals surface area contributed by atoms with Gasteiger partial charge in [-0.15, -0.1) is 0 Å². The summed E-state index contributed by atoms with van der Waals surface area (Å²) in [4.78, 5) is 20.5. The molecule has 1 fully saturated rings. The van der Waals surface area contributed by atoms with E-state index in [1.54, 1.807) is 0 Å². The number of hydrogen-bond donors (Lipinski definition) is 0. The highest BCUT2D eigenvalue weighted by Crippen LogP contribution is 2.35. The van der Waals surface area contributed by atoms with E-state index in [4.69, 9.17) is 11.6 Å². The minimum Gasteiger partial charge on any atom is -0.367 e. The van der Waals surface area contributed by atoms with Crippen molar-refractivity contribution >= 4 is 34.1 Å². The van der Waals surface area contributed by atoms with Gasteiger partial charge in [-0.2, -0.15) is 0 Å². The number of fused-ring (bicyclic) bond motifs is 1. The van der Waals surface area contributed by atoms with Crippen LogP contribution in [-0.2, 0) is 4.79 Å². The molecule has 136 valence electrons. The molecule has 0 bridgehead atoms. The largest absolute Gasteiger partial charge is 0.367 e. The summed E-state index contributed by atoms with van der Waals surface area (Å²) in [5, 5.41) is 1.74. The number of piperazine rings is 1. The standard InChI is InChI=1S/C22H20ClN3O/c1-2-22(27)26-12-10-25(11-13-26)21-8-9-24-20-15-17(19(23)14-18(20)21)16-6-4-3-5-7-16/h2-9,14-15H,1,10-13H2. The summed E-state index contributed by atoms with van der Waals surface area (Å²) < 4.78 is 0. The van der Waals surface area contributed by atoms with E-state index in [9.17, 15) is 4.79 Å². The second kappa shape index (κ2) is 7.41. The summed E-state index contributed by atoms with van der Waals surface area (Å²) in [5.41, 5.74) is 4.08. The molecule has 2 aromatic carbocycles. The highest BCUT2D eigenvalue weighted by molar-refractivity contribution is 6.34. The molecule has 0 saturated carbocycles. The van der Waals surface area contributed by atoms with Crippen molar-refractivity contribution in [3.05, 3.63) is 72.4 Å². The zero-order valence-corrected chi connectivity index (χ0v) is 15.7. The van der Waals surface area contributed by atoms with E-state index in [0.29, 0.717) is 18.1 Å². The van der Waals surface area contributed by atoms with Crippen LogP contribution in [0.2, 0.25) is 5.02 Å². The van der Waals surface area contributed by atoms with E-state index in [1.165, 1.54) is 6.08 Å². The summed E-state index contributed by atoms with van der Waals surface area (Å²) in [7, 11) is 0. The Labute approximate surface area is 163 Å². The lowest BCUT2D eigenvalue weighted by Gasteiger charge is -2.36. The molecule has 0 radical (unpaired) electrons. The van der Waals surface area contributed by atoms with Crippen molar-refractivity contribution < 1.29 is 4.79 Å². The van der Waals surface area contributed by atoms with Crippen molar-refractivity contribution in [2.75, 3.05) is 31.1 Å². The first kappa shape index (κ1) is 17.6. The molecule has 4 nitrogen and oxygen atoms in total. The minimum atomic E-state index is -0.00946. The number of anilines is 1. The van der Waals surface area contributed by atoms with Crippen LogP contribution in [-0.4, -0.2) is 42.0 Å². The van der Waals surface area contributed by atoms with E-state index in [2.05, 4.69) is 16.5 Å². The molecule has 5 heteroatoms. The molecule has 0 N–H and O–H groups in total. The van der Waals surface area contributed by atoms with Crippen molar-refractivity contribution in [2.24, 2.45) is 0 Å². The number of rotatable bonds is 3. The van der Waals surface area contributed by atoms with E-state index in [-0.39, 0.29) is 5.91 Å². The van der Waals surface area contributed by atoms with E-state index >= 15 is 0 Å². The number of benzene rings is 2. The Hall–Kier alpha value is -2.85. The maximum atomic E-state index is 11.8. The Bertz CT molecular complexity index is 995. The van der Waals surface area contributed by atoms with Crippen molar-refractivity contribution in [3.8, 4) is 11.1 Å². The first-order chi connectivity index (χ1) is 13.2. The number of pyridine rings is 1. The molecule has 1 aliphatic rings. The van der Waals surface area contributed by atoms with Gasteiger partial charge in [0, 0.05) is 54.0 Å². The fraction of sp³-hybridized carbons (Fsp3) is 0.182. The molecule has 4 rings (SSSR count). The number of carbonyl (C=O) groups excluding carboxylic acids is 1. The van der Waals surface area contributed by atoms with Gasteiger partial charge >= 0.3 is 0 Å². The van der Waals surface area contributed by atoms with E-state index in [1.807, 2.05) is 59.6 Å². The average molecular weight is 378 g/mol. The SMILES string of the molecule is C=CC(=O)N1CCN(c2ccnc3cc(-c4ccccc4)c(Cl)cc23)CC1. The Balaban J connectivity index is 1.68. The van der Waals surface area contributed by atoms with Crippen LogP contribution in [0.4, 0.5) is 5.69 Å². The lowest BCUT2D eigenvalue weighted by molar-refractivity contribution is -0.126. The molecule has 0 atom stereocenters. The van der Waals surface area contributed by atoms with Crippen LogP contribution in [0.25, 0.3) is 22.0 Å². The van der Waals surface area contributed by atoms with Gasteiger partial charge in [0.25, 0.3) is 0 Å². The molecule has 0 spiro atoms. The summed E-state index contributed by atoms with van der Waals surface area (Å²) in [5.74, 6) is -0.00946. The topological polar surface area (TPSA) is 36.4 Å². The van der Waals surface area contributed by atoms with Crippen LogP contribution < -0.4 is 4.90 Å². The smallest absolute Gasteiger partial charge is 0.246 e. The monoisotopic (exact) mass is 377 g/mol. The Morgan fingerprint density at radius 3 is 2.52 bits per heavy atom. The highest BCUT2D eigenvalue weighted by atomic mass is 35.5. The molecular weight excluding hydrogens is 358 g/mol. The zero-order valence-electron chi connectivity index (χ0n) is 14.9. The van der Waals surface area contributed by atoms with Gasteiger partial charge in [-0.1, -0.05) is 48.5 Å². The van der Waals surface area contributed by atoms with Crippen LogP contribution in [0.1, 0.15) is 0 Å². The van der Waals surface area contributed by atoms with Gasteiger partial charge in [0.1, 0.15) is 0 Å². The summed E-state index contributed by atoms with van der Waals surface area (Å²) in [6, 6.07) is 16.2. The van der Waals surface area contributed by atoms with Crippen LogP contribution in [0, 0.1) is 0 Å². The second-order valence-corrected chi connectivity index (χ2v) is 6.97. The van der Waals surface area contributed by atoms with Gasteiger partial charge < -0.3 is 9.80 Å².